The van der Waals surface area contributed by atoms with Crippen LogP contribution in [0.25, 0.3) is 0 Å². The Balaban J connectivity index is 0.00000320. The van der Waals surface area contributed by atoms with Crippen molar-refractivity contribution in [3.63, 3.8) is 0 Å². The number of guanidine groups is 1. The van der Waals surface area contributed by atoms with Crippen LogP contribution in [0.5, 0.6) is 0 Å². The fourth-order valence-corrected chi connectivity index (χ4v) is 4.17. The average molecular weight is 530 g/mol. The largest absolute Gasteiger partial charge is 0.378 e. The van der Waals surface area contributed by atoms with Crippen molar-refractivity contribution in [3.8, 4) is 0 Å². The highest BCUT2D eigenvalue weighted by Gasteiger charge is 2.20. The molecule has 6 nitrogen and oxygen atoms in total. The number of rotatable bonds is 8. The van der Waals surface area contributed by atoms with Gasteiger partial charge in [0.1, 0.15) is 5.82 Å². The van der Waals surface area contributed by atoms with Crippen molar-refractivity contribution < 1.29 is 4.74 Å². The molecule has 0 radical (unpaired) electrons. The van der Waals surface area contributed by atoms with Crippen molar-refractivity contribution in [3.05, 3.63) is 24.4 Å². The zero-order valence-electron chi connectivity index (χ0n) is 18.6. The minimum Gasteiger partial charge on any atom is -0.378 e. The van der Waals surface area contributed by atoms with Crippen LogP contribution in [-0.2, 0) is 4.74 Å². The molecule has 1 aliphatic carbocycles. The minimum absolute atomic E-state index is 0. The highest BCUT2D eigenvalue weighted by atomic mass is 127. The van der Waals surface area contributed by atoms with E-state index in [0.29, 0.717) is 6.10 Å². The van der Waals surface area contributed by atoms with Gasteiger partial charge in [-0.3, -0.25) is 4.99 Å². The summed E-state index contributed by atoms with van der Waals surface area (Å²) >= 11 is 0. The fraction of sp³-hybridized carbons (Fsp3) is 0.739. The summed E-state index contributed by atoms with van der Waals surface area (Å²) < 4.78 is 6.10. The Bertz CT molecular complexity index is 585. The van der Waals surface area contributed by atoms with Gasteiger partial charge in [-0.1, -0.05) is 31.7 Å². The summed E-state index contributed by atoms with van der Waals surface area (Å²) in [6.07, 6.45) is 12.5. The Hall–Kier alpha value is -1.09. The Morgan fingerprint density at radius 2 is 1.87 bits per heavy atom. The van der Waals surface area contributed by atoms with Gasteiger partial charge in [0.15, 0.2) is 5.96 Å². The van der Waals surface area contributed by atoms with Crippen molar-refractivity contribution in [1.29, 1.82) is 0 Å². The van der Waals surface area contributed by atoms with Gasteiger partial charge in [0, 0.05) is 52.1 Å². The molecular weight excluding hydrogens is 489 g/mol. The van der Waals surface area contributed by atoms with E-state index in [0.717, 1.165) is 70.5 Å². The number of aromatic nitrogens is 1. The summed E-state index contributed by atoms with van der Waals surface area (Å²) in [6.45, 7) is 8.73. The van der Waals surface area contributed by atoms with E-state index in [1.165, 1.54) is 38.5 Å². The molecule has 30 heavy (non-hydrogen) atoms. The van der Waals surface area contributed by atoms with Crippen LogP contribution in [0.15, 0.2) is 29.4 Å². The maximum atomic E-state index is 6.10. The standard InChI is InChI=1S/C23H39N5O.HI/c1-2-24-23(26-15-9-10-20-29-21-11-5-3-4-6-12-21)28-18-16-27(17-19-28)22-13-7-8-14-25-22;/h7-8,13-14,21H,2-6,9-12,15-20H2,1H3,(H,24,26);1H. The Kier molecular flexibility index (Phi) is 12.4. The van der Waals surface area contributed by atoms with Gasteiger partial charge < -0.3 is 19.9 Å². The number of unbranched alkanes of at least 4 members (excludes halogenated alkanes) is 1. The molecule has 2 heterocycles. The zero-order chi connectivity index (χ0) is 20.2. The second kappa shape index (κ2) is 14.8. The van der Waals surface area contributed by atoms with Crippen LogP contribution in [0.4, 0.5) is 5.82 Å². The molecule has 1 saturated carbocycles. The number of nitrogens with zero attached hydrogens (tertiary/aromatic N) is 4. The molecular formula is C23H40IN5O. The molecule has 1 saturated heterocycles. The van der Waals surface area contributed by atoms with Gasteiger partial charge in [0.2, 0.25) is 0 Å². The second-order valence-electron chi connectivity index (χ2n) is 8.09. The lowest BCUT2D eigenvalue weighted by molar-refractivity contribution is 0.0412. The summed E-state index contributed by atoms with van der Waals surface area (Å²) in [7, 11) is 0. The van der Waals surface area contributed by atoms with Gasteiger partial charge in [0.05, 0.1) is 6.10 Å². The van der Waals surface area contributed by atoms with Gasteiger partial charge in [-0.25, -0.2) is 4.98 Å². The highest BCUT2D eigenvalue weighted by Crippen LogP contribution is 2.20. The number of ether oxygens (including phenoxy) is 1. The summed E-state index contributed by atoms with van der Waals surface area (Å²) in [5.74, 6) is 2.13. The Labute approximate surface area is 199 Å². The van der Waals surface area contributed by atoms with Crippen molar-refractivity contribution in [1.82, 2.24) is 15.2 Å². The third-order valence-electron chi connectivity index (χ3n) is 5.86. The quantitative estimate of drug-likeness (QED) is 0.179. The predicted octanol–water partition coefficient (Wildman–Crippen LogP) is 4.31. The molecule has 170 valence electrons. The van der Waals surface area contributed by atoms with Crippen LogP contribution in [-0.4, -0.2) is 67.8 Å². The number of halogens is 1. The summed E-state index contributed by atoms with van der Waals surface area (Å²) in [5, 5.41) is 3.47. The molecule has 0 spiro atoms. The summed E-state index contributed by atoms with van der Waals surface area (Å²) in [5.41, 5.74) is 0. The smallest absolute Gasteiger partial charge is 0.194 e. The van der Waals surface area contributed by atoms with Crippen LogP contribution in [0.3, 0.4) is 0 Å². The molecule has 1 N–H and O–H groups in total. The normalized spacial score (nSPS) is 18.6. The first-order valence-corrected chi connectivity index (χ1v) is 11.7. The van der Waals surface area contributed by atoms with E-state index < -0.39 is 0 Å². The Morgan fingerprint density at radius 3 is 2.53 bits per heavy atom. The van der Waals surface area contributed by atoms with Gasteiger partial charge in [-0.05, 0) is 44.7 Å². The van der Waals surface area contributed by atoms with Crippen LogP contribution < -0.4 is 10.2 Å². The van der Waals surface area contributed by atoms with E-state index in [9.17, 15) is 0 Å². The Morgan fingerprint density at radius 1 is 1.10 bits per heavy atom. The predicted molar refractivity (Wildman–Crippen MR) is 136 cm³/mol. The van der Waals surface area contributed by atoms with Gasteiger partial charge in [0.25, 0.3) is 0 Å². The lowest BCUT2D eigenvalue weighted by Gasteiger charge is -2.37. The summed E-state index contributed by atoms with van der Waals surface area (Å²) in [6, 6.07) is 6.11. The average Bonchev–Trinajstić information content (AvgIpc) is 3.05. The minimum atomic E-state index is 0. The number of aliphatic imine (C=N–C) groups is 1. The van der Waals surface area contributed by atoms with Crippen LogP contribution in [0.1, 0.15) is 58.3 Å². The molecule has 0 unspecified atom stereocenters. The molecule has 1 aromatic heterocycles. The third-order valence-corrected chi connectivity index (χ3v) is 5.86. The zero-order valence-corrected chi connectivity index (χ0v) is 20.9. The first-order chi connectivity index (χ1) is 14.4. The number of anilines is 1. The van der Waals surface area contributed by atoms with E-state index in [4.69, 9.17) is 9.73 Å². The SMILES string of the molecule is CCNC(=NCCCCOC1CCCCCC1)N1CCN(c2ccccn2)CC1.I. The van der Waals surface area contributed by atoms with Crippen molar-refractivity contribution >= 4 is 35.8 Å². The first-order valence-electron chi connectivity index (χ1n) is 11.7. The monoisotopic (exact) mass is 529 g/mol. The van der Waals surface area contributed by atoms with E-state index in [1.54, 1.807) is 0 Å². The lowest BCUT2D eigenvalue weighted by Crippen LogP contribution is -2.52. The van der Waals surface area contributed by atoms with Crippen molar-refractivity contribution in [2.24, 2.45) is 4.99 Å². The molecule has 2 aliphatic rings. The fourth-order valence-electron chi connectivity index (χ4n) is 4.17. The maximum absolute atomic E-state index is 6.10. The topological polar surface area (TPSA) is 53.0 Å². The first kappa shape index (κ1) is 25.2. The molecule has 0 bridgehead atoms. The van der Waals surface area contributed by atoms with E-state index in [1.807, 2.05) is 12.3 Å². The molecule has 1 aliphatic heterocycles. The van der Waals surface area contributed by atoms with Crippen LogP contribution >= 0.6 is 24.0 Å². The molecule has 3 rings (SSSR count). The molecule has 0 amide bonds. The number of piperazine rings is 1. The number of hydrogen-bond acceptors (Lipinski definition) is 4. The van der Waals surface area contributed by atoms with Crippen LogP contribution in [0.2, 0.25) is 0 Å². The summed E-state index contributed by atoms with van der Waals surface area (Å²) in [4.78, 5) is 14.1. The molecule has 1 aromatic rings. The molecule has 7 heteroatoms. The van der Waals surface area contributed by atoms with E-state index >= 15 is 0 Å². The van der Waals surface area contributed by atoms with E-state index in [-0.39, 0.29) is 24.0 Å². The van der Waals surface area contributed by atoms with Crippen molar-refractivity contribution in [2.75, 3.05) is 50.8 Å². The van der Waals surface area contributed by atoms with Crippen LogP contribution in [0, 0.1) is 0 Å². The maximum Gasteiger partial charge on any atom is 0.194 e. The van der Waals surface area contributed by atoms with Gasteiger partial charge in [-0.15, -0.1) is 24.0 Å². The second-order valence-corrected chi connectivity index (χ2v) is 8.09. The number of pyridine rings is 1. The van der Waals surface area contributed by atoms with Gasteiger partial charge >= 0.3 is 0 Å². The molecule has 0 atom stereocenters. The lowest BCUT2D eigenvalue weighted by atomic mass is 10.1. The number of nitrogens with one attached hydrogen (secondary N) is 1. The van der Waals surface area contributed by atoms with Gasteiger partial charge in [-0.2, -0.15) is 0 Å². The number of hydrogen-bond donors (Lipinski definition) is 1. The van der Waals surface area contributed by atoms with Crippen molar-refractivity contribution in [2.45, 2.75) is 64.4 Å². The highest BCUT2D eigenvalue weighted by molar-refractivity contribution is 14.0. The molecule has 0 aromatic carbocycles. The molecule has 2 fully saturated rings. The van der Waals surface area contributed by atoms with E-state index in [2.05, 4.69) is 39.2 Å². The third kappa shape index (κ3) is 8.57.